The zero-order valence-corrected chi connectivity index (χ0v) is 9.18. The van der Waals surface area contributed by atoms with Crippen molar-refractivity contribution in [1.29, 1.82) is 0 Å². The molecule has 2 nitrogen and oxygen atoms in total. The fourth-order valence-corrected chi connectivity index (χ4v) is 1.98. The lowest BCUT2D eigenvalue weighted by Gasteiger charge is -2.27. The zero-order chi connectivity index (χ0) is 11.4. The molecule has 0 bridgehead atoms. The summed E-state index contributed by atoms with van der Waals surface area (Å²) in [5.74, 6) is -0.870. The Morgan fingerprint density at radius 3 is 2.38 bits per heavy atom. The maximum absolute atomic E-state index is 13.3. The molecule has 0 spiro atoms. The van der Waals surface area contributed by atoms with Crippen LogP contribution in [-0.2, 0) is 6.42 Å². The standard InChI is InChI=1S/C12H16F2N2/c13-11-2-1-3-12(14)10(11)4-7-16-8-5-15-6-9-16/h1-3,15H,4-9H2. The number of nitrogens with zero attached hydrogens (tertiary/aromatic N) is 1. The Morgan fingerprint density at radius 2 is 1.75 bits per heavy atom. The Balaban J connectivity index is 1.93. The molecule has 1 fully saturated rings. The van der Waals surface area contributed by atoms with Crippen LogP contribution < -0.4 is 5.32 Å². The third-order valence-electron chi connectivity index (χ3n) is 2.95. The van der Waals surface area contributed by atoms with Gasteiger partial charge in [0, 0.05) is 38.3 Å². The van der Waals surface area contributed by atoms with Crippen molar-refractivity contribution >= 4 is 0 Å². The molecule has 0 amide bonds. The Morgan fingerprint density at radius 1 is 1.12 bits per heavy atom. The number of benzene rings is 1. The fourth-order valence-electron chi connectivity index (χ4n) is 1.98. The maximum atomic E-state index is 13.3. The monoisotopic (exact) mass is 226 g/mol. The first-order chi connectivity index (χ1) is 7.77. The second kappa shape index (κ2) is 5.37. The summed E-state index contributed by atoms with van der Waals surface area (Å²) in [4.78, 5) is 2.22. The van der Waals surface area contributed by atoms with E-state index < -0.39 is 11.6 Å². The fraction of sp³-hybridized carbons (Fsp3) is 0.500. The summed E-state index contributed by atoms with van der Waals surface area (Å²) < 4.78 is 26.7. The minimum Gasteiger partial charge on any atom is -0.314 e. The van der Waals surface area contributed by atoms with E-state index in [4.69, 9.17) is 0 Å². The van der Waals surface area contributed by atoms with Gasteiger partial charge in [-0.05, 0) is 18.6 Å². The summed E-state index contributed by atoms with van der Waals surface area (Å²) >= 11 is 0. The lowest BCUT2D eigenvalue weighted by Crippen LogP contribution is -2.44. The van der Waals surface area contributed by atoms with E-state index >= 15 is 0 Å². The predicted octanol–water partition coefficient (Wildman–Crippen LogP) is 1.41. The van der Waals surface area contributed by atoms with Crippen molar-refractivity contribution in [2.75, 3.05) is 32.7 Å². The first kappa shape index (κ1) is 11.5. The molecule has 1 aromatic carbocycles. The average Bonchev–Trinajstić information content (AvgIpc) is 2.30. The lowest BCUT2D eigenvalue weighted by molar-refractivity contribution is 0.242. The smallest absolute Gasteiger partial charge is 0.129 e. The number of halogens is 2. The second-order valence-electron chi connectivity index (χ2n) is 4.04. The van der Waals surface area contributed by atoms with Crippen LogP contribution in [0.5, 0.6) is 0 Å². The van der Waals surface area contributed by atoms with Crippen LogP contribution in [0, 0.1) is 11.6 Å². The third kappa shape index (κ3) is 2.77. The molecule has 1 aliphatic heterocycles. The quantitative estimate of drug-likeness (QED) is 0.838. The van der Waals surface area contributed by atoms with E-state index in [0.29, 0.717) is 6.42 Å². The molecule has 1 aliphatic rings. The number of hydrogen-bond donors (Lipinski definition) is 1. The number of piperazine rings is 1. The van der Waals surface area contributed by atoms with Gasteiger partial charge in [-0.3, -0.25) is 0 Å². The van der Waals surface area contributed by atoms with E-state index in [1.165, 1.54) is 18.2 Å². The van der Waals surface area contributed by atoms with Crippen molar-refractivity contribution in [3.8, 4) is 0 Å². The molecule has 1 N–H and O–H groups in total. The predicted molar refractivity (Wildman–Crippen MR) is 59.4 cm³/mol. The highest BCUT2D eigenvalue weighted by Gasteiger charge is 2.12. The molecule has 0 aromatic heterocycles. The van der Waals surface area contributed by atoms with Crippen molar-refractivity contribution in [2.45, 2.75) is 6.42 Å². The first-order valence-electron chi connectivity index (χ1n) is 5.63. The second-order valence-corrected chi connectivity index (χ2v) is 4.04. The summed E-state index contributed by atoms with van der Waals surface area (Å²) in [5.41, 5.74) is 0.209. The van der Waals surface area contributed by atoms with Gasteiger partial charge in [-0.1, -0.05) is 6.07 Å². The minimum absolute atomic E-state index is 0.209. The van der Waals surface area contributed by atoms with Crippen LogP contribution in [0.3, 0.4) is 0 Å². The van der Waals surface area contributed by atoms with Gasteiger partial charge in [0.25, 0.3) is 0 Å². The number of nitrogens with one attached hydrogen (secondary N) is 1. The van der Waals surface area contributed by atoms with E-state index in [-0.39, 0.29) is 5.56 Å². The summed E-state index contributed by atoms with van der Waals surface area (Å²) in [7, 11) is 0. The highest BCUT2D eigenvalue weighted by Crippen LogP contribution is 2.13. The minimum atomic E-state index is -0.435. The highest BCUT2D eigenvalue weighted by atomic mass is 19.1. The van der Waals surface area contributed by atoms with Gasteiger partial charge in [-0.25, -0.2) is 8.78 Å². The van der Waals surface area contributed by atoms with E-state index in [1.807, 2.05) is 0 Å². The molecule has 0 atom stereocenters. The maximum Gasteiger partial charge on any atom is 0.129 e. The molecule has 0 unspecified atom stereocenters. The van der Waals surface area contributed by atoms with Gasteiger partial charge in [0.05, 0.1) is 0 Å². The summed E-state index contributed by atoms with van der Waals surface area (Å²) in [6.07, 6.45) is 0.443. The molecular formula is C12H16F2N2. The molecule has 1 saturated heterocycles. The molecular weight excluding hydrogens is 210 g/mol. The van der Waals surface area contributed by atoms with Crippen LogP contribution in [0.25, 0.3) is 0 Å². The Labute approximate surface area is 94.3 Å². The van der Waals surface area contributed by atoms with Gasteiger partial charge in [0.1, 0.15) is 11.6 Å². The van der Waals surface area contributed by atoms with Crippen LogP contribution in [0.15, 0.2) is 18.2 Å². The van der Waals surface area contributed by atoms with Crippen LogP contribution in [0.4, 0.5) is 8.78 Å². The van der Waals surface area contributed by atoms with Gasteiger partial charge < -0.3 is 10.2 Å². The van der Waals surface area contributed by atoms with E-state index in [2.05, 4.69) is 10.2 Å². The van der Waals surface area contributed by atoms with Crippen molar-refractivity contribution in [1.82, 2.24) is 10.2 Å². The molecule has 0 saturated carbocycles. The summed E-state index contributed by atoms with van der Waals surface area (Å²) in [6, 6.07) is 4.03. The molecule has 16 heavy (non-hydrogen) atoms. The average molecular weight is 226 g/mol. The zero-order valence-electron chi connectivity index (χ0n) is 9.18. The topological polar surface area (TPSA) is 15.3 Å². The van der Waals surface area contributed by atoms with E-state index in [9.17, 15) is 8.78 Å². The van der Waals surface area contributed by atoms with Crippen LogP contribution in [0.1, 0.15) is 5.56 Å². The lowest BCUT2D eigenvalue weighted by atomic mass is 10.1. The van der Waals surface area contributed by atoms with E-state index in [1.54, 1.807) is 0 Å². The SMILES string of the molecule is Fc1cccc(F)c1CCN1CCNCC1. The molecule has 2 rings (SSSR count). The van der Waals surface area contributed by atoms with E-state index in [0.717, 1.165) is 32.7 Å². The van der Waals surface area contributed by atoms with Gasteiger partial charge in [0.15, 0.2) is 0 Å². The highest BCUT2D eigenvalue weighted by molar-refractivity contribution is 5.19. The van der Waals surface area contributed by atoms with Crippen molar-refractivity contribution in [2.24, 2.45) is 0 Å². The van der Waals surface area contributed by atoms with Gasteiger partial charge in [-0.15, -0.1) is 0 Å². The van der Waals surface area contributed by atoms with Crippen molar-refractivity contribution in [3.63, 3.8) is 0 Å². The summed E-state index contributed by atoms with van der Waals surface area (Å²) in [6.45, 7) is 4.55. The molecule has 1 aromatic rings. The first-order valence-corrected chi connectivity index (χ1v) is 5.63. The molecule has 4 heteroatoms. The molecule has 0 aliphatic carbocycles. The Kier molecular flexibility index (Phi) is 3.85. The van der Waals surface area contributed by atoms with Gasteiger partial charge in [0.2, 0.25) is 0 Å². The van der Waals surface area contributed by atoms with Crippen LogP contribution >= 0.6 is 0 Å². The van der Waals surface area contributed by atoms with Gasteiger partial charge in [-0.2, -0.15) is 0 Å². The number of rotatable bonds is 3. The Hall–Kier alpha value is -1.00. The van der Waals surface area contributed by atoms with Crippen LogP contribution in [-0.4, -0.2) is 37.6 Å². The number of hydrogen-bond acceptors (Lipinski definition) is 2. The normalized spacial score (nSPS) is 17.6. The van der Waals surface area contributed by atoms with Gasteiger partial charge >= 0.3 is 0 Å². The van der Waals surface area contributed by atoms with Crippen molar-refractivity contribution < 1.29 is 8.78 Å². The molecule has 0 radical (unpaired) electrons. The largest absolute Gasteiger partial charge is 0.314 e. The van der Waals surface area contributed by atoms with Crippen LogP contribution in [0.2, 0.25) is 0 Å². The third-order valence-corrected chi connectivity index (χ3v) is 2.95. The molecule has 88 valence electrons. The molecule has 1 heterocycles. The van der Waals surface area contributed by atoms with Crippen molar-refractivity contribution in [3.05, 3.63) is 35.4 Å². The Bertz CT molecular complexity index is 329. The summed E-state index contributed by atoms with van der Waals surface area (Å²) in [5, 5.41) is 3.25.